The van der Waals surface area contributed by atoms with Gasteiger partial charge >= 0.3 is 6.18 Å². The zero-order chi connectivity index (χ0) is 12.7. The first-order valence-electron chi connectivity index (χ1n) is 5.17. The Morgan fingerprint density at radius 1 is 1.24 bits per heavy atom. The van der Waals surface area contributed by atoms with Crippen molar-refractivity contribution < 1.29 is 17.9 Å². The van der Waals surface area contributed by atoms with Crippen LogP contribution in [0.4, 0.5) is 13.2 Å². The van der Waals surface area contributed by atoms with Crippen LogP contribution < -0.4 is 0 Å². The highest BCUT2D eigenvalue weighted by atomic mass is 19.4. The van der Waals surface area contributed by atoms with Gasteiger partial charge in [0.2, 0.25) is 5.76 Å². The molecule has 0 fully saturated rings. The number of benzene rings is 1. The summed E-state index contributed by atoms with van der Waals surface area (Å²) in [5.41, 5.74) is 0.835. The summed E-state index contributed by atoms with van der Waals surface area (Å²) in [4.78, 5) is 0. The van der Waals surface area contributed by atoms with E-state index in [1.54, 1.807) is 18.2 Å². The summed E-state index contributed by atoms with van der Waals surface area (Å²) in [5.74, 6) is -0.979. The van der Waals surface area contributed by atoms with E-state index in [4.69, 9.17) is 0 Å². The van der Waals surface area contributed by atoms with Crippen molar-refractivity contribution in [2.75, 3.05) is 6.61 Å². The van der Waals surface area contributed by atoms with Crippen molar-refractivity contribution in [3.05, 3.63) is 53.8 Å². The van der Waals surface area contributed by atoms with Gasteiger partial charge < -0.3 is 4.74 Å². The van der Waals surface area contributed by atoms with Crippen LogP contribution in [0.25, 0.3) is 6.08 Å². The average Bonchev–Trinajstić information content (AvgIpc) is 2.28. The van der Waals surface area contributed by atoms with E-state index >= 15 is 0 Å². The first kappa shape index (κ1) is 13.4. The Balaban J connectivity index is 2.76. The molecule has 0 aliphatic rings. The van der Waals surface area contributed by atoms with Crippen LogP contribution in [0.1, 0.15) is 12.5 Å². The Kier molecular flexibility index (Phi) is 4.82. The molecule has 0 spiro atoms. The maximum absolute atomic E-state index is 12.4. The molecule has 0 unspecified atom stereocenters. The molecule has 0 heterocycles. The van der Waals surface area contributed by atoms with Crippen LogP contribution >= 0.6 is 0 Å². The number of allylic oxidation sites excluding steroid dienone is 3. The second kappa shape index (κ2) is 6.13. The van der Waals surface area contributed by atoms with Gasteiger partial charge in [-0.3, -0.25) is 0 Å². The van der Waals surface area contributed by atoms with Crippen molar-refractivity contribution in [1.29, 1.82) is 0 Å². The van der Waals surface area contributed by atoms with Crippen LogP contribution in [-0.2, 0) is 4.74 Å². The van der Waals surface area contributed by atoms with Crippen molar-refractivity contribution in [3.8, 4) is 0 Å². The lowest BCUT2D eigenvalue weighted by atomic mass is 10.2. The van der Waals surface area contributed by atoms with Crippen molar-refractivity contribution in [3.63, 3.8) is 0 Å². The zero-order valence-corrected chi connectivity index (χ0v) is 9.37. The molecule has 0 saturated carbocycles. The van der Waals surface area contributed by atoms with E-state index in [1.165, 1.54) is 13.0 Å². The van der Waals surface area contributed by atoms with Crippen LogP contribution in [0.2, 0.25) is 0 Å². The third kappa shape index (κ3) is 4.76. The largest absolute Gasteiger partial charge is 0.489 e. The second-order valence-corrected chi connectivity index (χ2v) is 3.23. The average molecular weight is 242 g/mol. The highest BCUT2D eigenvalue weighted by Gasteiger charge is 2.35. The summed E-state index contributed by atoms with van der Waals surface area (Å²) in [5, 5.41) is 0. The third-order valence-electron chi connectivity index (χ3n) is 1.92. The van der Waals surface area contributed by atoms with Gasteiger partial charge in [0.15, 0.2) is 0 Å². The van der Waals surface area contributed by atoms with Crippen LogP contribution in [0, 0.1) is 0 Å². The van der Waals surface area contributed by atoms with Gasteiger partial charge in [0.05, 0.1) is 6.61 Å². The molecule has 0 amide bonds. The van der Waals surface area contributed by atoms with Gasteiger partial charge in [-0.05, 0) is 18.6 Å². The molecule has 0 saturated heterocycles. The maximum atomic E-state index is 12.4. The molecular weight excluding hydrogens is 229 g/mol. The summed E-state index contributed by atoms with van der Waals surface area (Å²) in [6, 6.07) is 9.08. The molecule has 1 rings (SSSR count). The summed E-state index contributed by atoms with van der Waals surface area (Å²) in [6.45, 7) is 1.50. The summed E-state index contributed by atoms with van der Waals surface area (Å²) in [7, 11) is 0. The first-order chi connectivity index (χ1) is 8.04. The van der Waals surface area contributed by atoms with Gasteiger partial charge in [-0.15, -0.1) is 0 Å². The van der Waals surface area contributed by atoms with Gasteiger partial charge in [0, 0.05) is 0 Å². The van der Waals surface area contributed by atoms with E-state index in [2.05, 4.69) is 4.74 Å². The normalized spacial score (nSPS) is 13.1. The molecule has 92 valence electrons. The Bertz CT molecular complexity index is 391. The topological polar surface area (TPSA) is 9.23 Å². The molecule has 0 aromatic heterocycles. The van der Waals surface area contributed by atoms with Gasteiger partial charge in [-0.25, -0.2) is 0 Å². The quantitative estimate of drug-likeness (QED) is 0.568. The van der Waals surface area contributed by atoms with E-state index in [-0.39, 0.29) is 6.61 Å². The van der Waals surface area contributed by atoms with Crippen molar-refractivity contribution in [1.82, 2.24) is 0 Å². The lowest BCUT2D eigenvalue weighted by molar-refractivity contribution is -0.129. The number of rotatable bonds is 4. The molecule has 0 radical (unpaired) electrons. The van der Waals surface area contributed by atoms with Crippen LogP contribution in [0.5, 0.6) is 0 Å². The fourth-order valence-corrected chi connectivity index (χ4v) is 1.19. The predicted molar refractivity (Wildman–Crippen MR) is 61.2 cm³/mol. The number of hydrogen-bond donors (Lipinski definition) is 0. The molecular formula is C13H13F3O. The van der Waals surface area contributed by atoms with Gasteiger partial charge in [0.25, 0.3) is 0 Å². The smallest absolute Gasteiger partial charge is 0.448 e. The summed E-state index contributed by atoms with van der Waals surface area (Å²) in [6.07, 6.45) is -0.605. The molecule has 0 atom stereocenters. The molecule has 1 nitrogen and oxygen atoms in total. The molecule has 0 aliphatic carbocycles. The SMILES string of the molecule is CCO/C(=C\C=C\c1ccccc1)C(F)(F)F. The molecule has 17 heavy (non-hydrogen) atoms. The minimum absolute atomic E-state index is 0.00940. The Hall–Kier alpha value is -1.71. The molecule has 0 N–H and O–H groups in total. The van der Waals surface area contributed by atoms with E-state index in [0.717, 1.165) is 11.6 Å². The number of halogens is 3. The van der Waals surface area contributed by atoms with Crippen molar-refractivity contribution >= 4 is 6.08 Å². The van der Waals surface area contributed by atoms with Crippen LogP contribution in [0.3, 0.4) is 0 Å². The minimum atomic E-state index is -4.45. The number of alkyl halides is 3. The highest BCUT2D eigenvalue weighted by molar-refractivity contribution is 5.50. The molecule has 1 aromatic rings. The Morgan fingerprint density at radius 2 is 1.88 bits per heavy atom. The first-order valence-corrected chi connectivity index (χ1v) is 5.17. The highest BCUT2D eigenvalue weighted by Crippen LogP contribution is 2.26. The van der Waals surface area contributed by atoms with Gasteiger partial charge in [0.1, 0.15) is 0 Å². The molecule has 0 bridgehead atoms. The van der Waals surface area contributed by atoms with Gasteiger partial charge in [-0.2, -0.15) is 13.2 Å². The number of hydrogen-bond acceptors (Lipinski definition) is 1. The monoisotopic (exact) mass is 242 g/mol. The lowest BCUT2D eigenvalue weighted by Gasteiger charge is -2.10. The summed E-state index contributed by atoms with van der Waals surface area (Å²) >= 11 is 0. The predicted octanol–water partition coefficient (Wildman–Crippen LogP) is 4.18. The summed E-state index contributed by atoms with van der Waals surface area (Å²) < 4.78 is 41.7. The van der Waals surface area contributed by atoms with Crippen molar-refractivity contribution in [2.45, 2.75) is 13.1 Å². The van der Waals surface area contributed by atoms with Gasteiger partial charge in [-0.1, -0.05) is 42.5 Å². The molecule has 1 aromatic carbocycles. The minimum Gasteiger partial charge on any atom is -0.489 e. The van der Waals surface area contributed by atoms with E-state index in [9.17, 15) is 13.2 Å². The van der Waals surface area contributed by atoms with Crippen molar-refractivity contribution in [2.24, 2.45) is 0 Å². The standard InChI is InChI=1S/C13H13F3O/c1-2-17-12(13(14,15)16)10-6-9-11-7-4-3-5-8-11/h3-10H,2H2,1H3/b9-6+,12-10-. The fraction of sp³-hybridized carbons (Fsp3) is 0.231. The van der Waals surface area contributed by atoms with E-state index in [1.807, 2.05) is 18.2 Å². The Labute approximate surface area is 98.2 Å². The molecule has 0 aliphatic heterocycles. The third-order valence-corrected chi connectivity index (χ3v) is 1.92. The molecule has 4 heteroatoms. The Morgan fingerprint density at radius 3 is 2.41 bits per heavy atom. The van der Waals surface area contributed by atoms with E-state index < -0.39 is 11.9 Å². The lowest BCUT2D eigenvalue weighted by Crippen LogP contribution is -2.14. The van der Waals surface area contributed by atoms with Crippen LogP contribution in [-0.4, -0.2) is 12.8 Å². The zero-order valence-electron chi connectivity index (χ0n) is 9.37. The fourth-order valence-electron chi connectivity index (χ4n) is 1.19. The second-order valence-electron chi connectivity index (χ2n) is 3.23. The maximum Gasteiger partial charge on any atom is 0.448 e. The van der Waals surface area contributed by atoms with E-state index in [0.29, 0.717) is 0 Å². The van der Waals surface area contributed by atoms with Crippen LogP contribution in [0.15, 0.2) is 48.2 Å². The number of ether oxygens (including phenoxy) is 1.